The summed E-state index contributed by atoms with van der Waals surface area (Å²) >= 11 is 0. The van der Waals surface area contributed by atoms with Gasteiger partial charge in [-0.3, -0.25) is 4.79 Å². The molecule has 3 heteroatoms. The van der Waals surface area contributed by atoms with E-state index in [9.17, 15) is 4.79 Å². The van der Waals surface area contributed by atoms with Gasteiger partial charge in [0.15, 0.2) is 0 Å². The summed E-state index contributed by atoms with van der Waals surface area (Å²) in [6, 6.07) is 10.4. The number of piperazine rings is 1. The third-order valence-electron chi connectivity index (χ3n) is 3.36. The molecule has 0 bridgehead atoms. The Morgan fingerprint density at radius 1 is 1.35 bits per heavy atom. The summed E-state index contributed by atoms with van der Waals surface area (Å²) in [7, 11) is 0. The number of carbonyl (C=O) groups is 1. The number of carbonyl (C=O) groups excluding carboxylic acids is 1. The molecule has 1 fully saturated rings. The number of nitrogens with zero attached hydrogens (tertiary/aromatic N) is 1. The highest BCUT2D eigenvalue weighted by atomic mass is 16.2. The van der Waals surface area contributed by atoms with Crippen molar-refractivity contribution >= 4 is 5.91 Å². The summed E-state index contributed by atoms with van der Waals surface area (Å²) in [6.07, 6.45) is 0. The van der Waals surface area contributed by atoms with Crippen LogP contribution in [0.2, 0.25) is 0 Å². The number of benzene rings is 1. The Kier molecular flexibility index (Phi) is 3.20. The average molecular weight is 232 g/mol. The molecule has 0 aliphatic carbocycles. The molecule has 0 unspecified atom stereocenters. The summed E-state index contributed by atoms with van der Waals surface area (Å²) < 4.78 is 0. The normalized spacial score (nSPS) is 23.8. The first-order chi connectivity index (χ1) is 8.00. The second-order valence-electron chi connectivity index (χ2n) is 5.27. The van der Waals surface area contributed by atoms with Gasteiger partial charge in [-0.25, -0.2) is 0 Å². The minimum absolute atomic E-state index is 0.181. The smallest absolute Gasteiger partial charge is 0.242 e. The van der Waals surface area contributed by atoms with Crippen LogP contribution in [-0.2, 0) is 11.3 Å². The van der Waals surface area contributed by atoms with E-state index in [2.05, 4.69) is 24.4 Å². The van der Waals surface area contributed by atoms with Crippen LogP contribution < -0.4 is 5.32 Å². The summed E-state index contributed by atoms with van der Waals surface area (Å²) in [5.41, 5.74) is 0.742. The lowest BCUT2D eigenvalue weighted by Crippen LogP contribution is -2.64. The molecule has 0 saturated carbocycles. The molecule has 1 saturated heterocycles. The molecule has 3 nitrogen and oxygen atoms in total. The topological polar surface area (TPSA) is 32.3 Å². The van der Waals surface area contributed by atoms with Gasteiger partial charge in [-0.2, -0.15) is 0 Å². The zero-order chi connectivity index (χ0) is 12.5. The molecule has 1 N–H and O–H groups in total. The third kappa shape index (κ3) is 2.50. The number of nitrogens with one attached hydrogen (secondary N) is 1. The van der Waals surface area contributed by atoms with Crippen molar-refractivity contribution in [2.24, 2.45) is 0 Å². The molecule has 2 rings (SSSR count). The van der Waals surface area contributed by atoms with Crippen LogP contribution in [-0.4, -0.2) is 28.9 Å². The summed E-state index contributed by atoms with van der Waals surface area (Å²) in [4.78, 5) is 14.3. The lowest BCUT2D eigenvalue weighted by molar-refractivity contribution is -0.143. The van der Waals surface area contributed by atoms with Gasteiger partial charge in [-0.05, 0) is 26.3 Å². The summed E-state index contributed by atoms with van der Waals surface area (Å²) in [5, 5.41) is 3.28. The molecule has 1 aromatic carbocycles. The molecule has 0 aromatic heterocycles. The highest BCUT2D eigenvalue weighted by molar-refractivity contribution is 5.86. The highest BCUT2D eigenvalue weighted by Gasteiger charge is 2.38. The fraction of sp³-hybridized carbons (Fsp3) is 0.500. The van der Waals surface area contributed by atoms with Crippen LogP contribution in [0.4, 0.5) is 0 Å². The fourth-order valence-corrected chi connectivity index (χ4v) is 2.16. The van der Waals surface area contributed by atoms with Gasteiger partial charge in [-0.15, -0.1) is 0 Å². The van der Waals surface area contributed by atoms with Crippen molar-refractivity contribution in [1.29, 1.82) is 0 Å². The van der Waals surface area contributed by atoms with Gasteiger partial charge in [0.1, 0.15) is 0 Å². The van der Waals surface area contributed by atoms with Crippen LogP contribution in [0.5, 0.6) is 0 Å². The molecule has 0 spiro atoms. The Morgan fingerprint density at radius 2 is 2.00 bits per heavy atom. The van der Waals surface area contributed by atoms with Crippen LogP contribution in [0.25, 0.3) is 0 Å². The Labute approximate surface area is 103 Å². The van der Waals surface area contributed by atoms with E-state index in [1.165, 1.54) is 5.56 Å². The van der Waals surface area contributed by atoms with E-state index < -0.39 is 5.54 Å². The minimum Gasteiger partial charge on any atom is -0.333 e. The van der Waals surface area contributed by atoms with Crippen molar-refractivity contribution < 1.29 is 4.79 Å². The maximum atomic E-state index is 12.3. The monoisotopic (exact) mass is 232 g/mol. The molecule has 1 atom stereocenters. The highest BCUT2D eigenvalue weighted by Crippen LogP contribution is 2.19. The van der Waals surface area contributed by atoms with E-state index in [-0.39, 0.29) is 11.9 Å². The summed E-state index contributed by atoms with van der Waals surface area (Å²) in [6.45, 7) is 7.53. The van der Waals surface area contributed by atoms with E-state index in [1.54, 1.807) is 0 Å². The molecule has 17 heavy (non-hydrogen) atoms. The maximum absolute atomic E-state index is 12.3. The van der Waals surface area contributed by atoms with Gasteiger partial charge in [0.2, 0.25) is 5.91 Å². The van der Waals surface area contributed by atoms with E-state index in [4.69, 9.17) is 0 Å². The quantitative estimate of drug-likeness (QED) is 0.843. The predicted molar refractivity (Wildman–Crippen MR) is 68.5 cm³/mol. The van der Waals surface area contributed by atoms with Crippen molar-refractivity contribution in [2.45, 2.75) is 38.9 Å². The Bertz CT molecular complexity index is 400. The first-order valence-electron chi connectivity index (χ1n) is 6.11. The van der Waals surface area contributed by atoms with Crippen LogP contribution in [0.1, 0.15) is 26.3 Å². The molecule has 1 heterocycles. The van der Waals surface area contributed by atoms with E-state index in [0.717, 1.165) is 6.54 Å². The second kappa shape index (κ2) is 4.49. The van der Waals surface area contributed by atoms with Crippen molar-refractivity contribution in [3.05, 3.63) is 35.9 Å². The molecule has 92 valence electrons. The molecular formula is C14H20N2O. The SMILES string of the molecule is C[C@H]1CNC(C)(C)C(=O)N1Cc1ccccc1. The van der Waals surface area contributed by atoms with Crippen molar-refractivity contribution in [1.82, 2.24) is 10.2 Å². The van der Waals surface area contributed by atoms with E-state index >= 15 is 0 Å². The van der Waals surface area contributed by atoms with Gasteiger partial charge in [0, 0.05) is 19.1 Å². The Morgan fingerprint density at radius 3 is 2.65 bits per heavy atom. The molecule has 1 amide bonds. The van der Waals surface area contributed by atoms with Crippen molar-refractivity contribution in [3.63, 3.8) is 0 Å². The minimum atomic E-state index is -0.443. The molecular weight excluding hydrogens is 212 g/mol. The van der Waals surface area contributed by atoms with Gasteiger partial charge >= 0.3 is 0 Å². The van der Waals surface area contributed by atoms with Crippen LogP contribution >= 0.6 is 0 Å². The van der Waals surface area contributed by atoms with Crippen LogP contribution in [0.3, 0.4) is 0 Å². The zero-order valence-electron chi connectivity index (χ0n) is 10.7. The van der Waals surface area contributed by atoms with Crippen LogP contribution in [0, 0.1) is 0 Å². The second-order valence-corrected chi connectivity index (χ2v) is 5.27. The molecule has 1 aliphatic heterocycles. The van der Waals surface area contributed by atoms with E-state index in [0.29, 0.717) is 6.54 Å². The number of rotatable bonds is 2. The number of amides is 1. The van der Waals surface area contributed by atoms with Gasteiger partial charge in [0.25, 0.3) is 0 Å². The molecule has 1 aromatic rings. The Hall–Kier alpha value is -1.35. The molecule has 0 radical (unpaired) electrons. The lowest BCUT2D eigenvalue weighted by atomic mass is 9.97. The first-order valence-corrected chi connectivity index (χ1v) is 6.11. The van der Waals surface area contributed by atoms with Gasteiger partial charge in [-0.1, -0.05) is 30.3 Å². The third-order valence-corrected chi connectivity index (χ3v) is 3.36. The number of hydrogen-bond donors (Lipinski definition) is 1. The van der Waals surface area contributed by atoms with Crippen LogP contribution in [0.15, 0.2) is 30.3 Å². The largest absolute Gasteiger partial charge is 0.333 e. The summed E-state index contributed by atoms with van der Waals surface area (Å²) in [5.74, 6) is 0.181. The number of hydrogen-bond acceptors (Lipinski definition) is 2. The Balaban J connectivity index is 2.16. The maximum Gasteiger partial charge on any atom is 0.242 e. The lowest BCUT2D eigenvalue weighted by Gasteiger charge is -2.42. The van der Waals surface area contributed by atoms with Gasteiger partial charge in [0.05, 0.1) is 5.54 Å². The average Bonchev–Trinajstić information content (AvgIpc) is 2.32. The van der Waals surface area contributed by atoms with Gasteiger partial charge < -0.3 is 10.2 Å². The predicted octanol–water partition coefficient (Wildman–Crippen LogP) is 1.79. The van der Waals surface area contributed by atoms with Crippen molar-refractivity contribution in [3.8, 4) is 0 Å². The first kappa shape index (κ1) is 12.1. The standard InChI is InChI=1S/C14H20N2O/c1-11-9-15-14(2,3)13(17)16(11)10-12-7-5-4-6-8-12/h4-8,11,15H,9-10H2,1-3H3/t11-/m0/s1. The molecule has 1 aliphatic rings. The van der Waals surface area contributed by atoms with Crippen molar-refractivity contribution in [2.75, 3.05) is 6.54 Å². The zero-order valence-corrected chi connectivity index (χ0v) is 10.7. The fourth-order valence-electron chi connectivity index (χ4n) is 2.16. The van der Waals surface area contributed by atoms with E-state index in [1.807, 2.05) is 36.9 Å².